The number of amides is 2. The number of hydrogen-bond acceptors (Lipinski definition) is 10. The molecule has 13 heteroatoms. The van der Waals surface area contributed by atoms with E-state index >= 15 is 4.79 Å². The van der Waals surface area contributed by atoms with Gasteiger partial charge in [0.1, 0.15) is 29.7 Å². The average Bonchev–Trinajstić information content (AvgIpc) is 3.94. The molecular formula is C46H60N4O9. The predicted octanol–water partition coefficient (Wildman–Crippen LogP) is 6.76. The minimum Gasteiger partial charge on any atom is -0.494 e. The molecule has 3 fully saturated rings. The summed E-state index contributed by atoms with van der Waals surface area (Å²) in [5.74, 6) is -0.0661. The van der Waals surface area contributed by atoms with Gasteiger partial charge in [-0.05, 0) is 125 Å². The maximum absolute atomic E-state index is 15.2. The van der Waals surface area contributed by atoms with Crippen molar-refractivity contribution in [3.05, 3.63) is 72.3 Å². The number of nitrogens with zero attached hydrogens (tertiary/aromatic N) is 4. The Morgan fingerprint density at radius 3 is 2.41 bits per heavy atom. The molecule has 0 radical (unpaired) electrons. The summed E-state index contributed by atoms with van der Waals surface area (Å²) in [4.78, 5) is 47.7. The van der Waals surface area contributed by atoms with E-state index in [9.17, 15) is 19.8 Å². The van der Waals surface area contributed by atoms with Crippen LogP contribution in [0.2, 0.25) is 0 Å². The van der Waals surface area contributed by atoms with Crippen molar-refractivity contribution < 1.29 is 43.5 Å². The number of carbonyl (C=O) groups is 3. The summed E-state index contributed by atoms with van der Waals surface area (Å²) in [5, 5.41) is 20.4. The summed E-state index contributed by atoms with van der Waals surface area (Å²) in [6.07, 6.45) is 4.19. The number of carbonyl (C=O) groups excluding carboxylic acids is 2. The van der Waals surface area contributed by atoms with Crippen LogP contribution in [0, 0.1) is 5.92 Å². The van der Waals surface area contributed by atoms with Gasteiger partial charge in [0.15, 0.2) is 6.23 Å². The fourth-order valence-corrected chi connectivity index (χ4v) is 8.71. The van der Waals surface area contributed by atoms with Crippen LogP contribution < -0.4 is 19.3 Å². The summed E-state index contributed by atoms with van der Waals surface area (Å²) in [6.45, 7) is 9.53. The first-order valence-corrected chi connectivity index (χ1v) is 21.2. The number of anilines is 2. The number of likely N-dealkylation sites (tertiary alicyclic amines) is 2. The van der Waals surface area contributed by atoms with Gasteiger partial charge < -0.3 is 43.9 Å². The van der Waals surface area contributed by atoms with Crippen molar-refractivity contribution >= 4 is 29.3 Å². The quantitative estimate of drug-likeness (QED) is 0.157. The van der Waals surface area contributed by atoms with Gasteiger partial charge in [-0.15, -0.1) is 0 Å². The Balaban J connectivity index is 1.11. The molecule has 0 bridgehead atoms. The predicted molar refractivity (Wildman–Crippen MR) is 225 cm³/mol. The van der Waals surface area contributed by atoms with Gasteiger partial charge in [-0.3, -0.25) is 14.5 Å². The largest absolute Gasteiger partial charge is 0.494 e. The highest BCUT2D eigenvalue weighted by atomic mass is 16.6. The first kappa shape index (κ1) is 42.3. The molecule has 4 atom stereocenters. The molecule has 2 saturated heterocycles. The number of hydrogen-bond donors (Lipinski definition) is 2. The number of benzene rings is 3. The molecule has 2 amide bonds. The van der Waals surface area contributed by atoms with Crippen molar-refractivity contribution in [3.8, 4) is 22.6 Å². The lowest BCUT2D eigenvalue weighted by Gasteiger charge is -2.41. The van der Waals surface area contributed by atoms with Crippen molar-refractivity contribution in [2.45, 2.75) is 95.5 Å². The third-order valence-corrected chi connectivity index (χ3v) is 11.8. The average molecular weight is 813 g/mol. The van der Waals surface area contributed by atoms with Crippen LogP contribution >= 0.6 is 0 Å². The lowest BCUT2D eigenvalue weighted by atomic mass is 9.78. The Morgan fingerprint density at radius 1 is 0.898 bits per heavy atom. The topological polar surface area (TPSA) is 142 Å². The molecule has 3 heterocycles. The van der Waals surface area contributed by atoms with Gasteiger partial charge in [-0.2, -0.15) is 0 Å². The van der Waals surface area contributed by atoms with Gasteiger partial charge in [0.2, 0.25) is 5.91 Å². The van der Waals surface area contributed by atoms with Crippen molar-refractivity contribution in [1.29, 1.82) is 0 Å². The van der Waals surface area contributed by atoms with Gasteiger partial charge in [0.25, 0.3) is 0 Å². The number of ether oxygens (including phenoxy) is 4. The number of carboxylic acid groups (broad SMARTS) is 1. The van der Waals surface area contributed by atoms with Crippen molar-refractivity contribution in [1.82, 2.24) is 9.80 Å². The molecule has 0 aromatic heterocycles. The van der Waals surface area contributed by atoms with Crippen LogP contribution in [0.4, 0.5) is 16.2 Å². The lowest BCUT2D eigenvalue weighted by molar-refractivity contribution is -0.142. The van der Waals surface area contributed by atoms with E-state index in [0.29, 0.717) is 51.4 Å². The van der Waals surface area contributed by atoms with Crippen molar-refractivity contribution in [3.63, 3.8) is 0 Å². The third kappa shape index (κ3) is 10.3. The van der Waals surface area contributed by atoms with E-state index in [1.54, 1.807) is 12.0 Å². The first-order valence-electron chi connectivity index (χ1n) is 21.2. The standard InChI is InChI=1S/C46H60N4O9/c1-46(2,3)59-45(55)48-24-20-37(33-10-5-9-32(27-33)31-12-17-36(18-13-31)57-26-7-22-47-21-6-11-39(47)44(53)54)38(29-48)43(52)50(34-14-15-34)35-16-19-41-40(28-35)49(23-8-25-56-4)42(51)30-58-41/h5,9-10,12-13,16-19,27-28,34,37-39,42,51H,6-8,11,14-15,20-26,29-30H2,1-4H3,(H,53,54)/t37-,38+,39?,42?/m1/s1. The molecule has 0 spiro atoms. The Hall–Kier alpha value is -4.85. The van der Waals surface area contributed by atoms with Gasteiger partial charge in [0.05, 0.1) is 18.2 Å². The van der Waals surface area contributed by atoms with E-state index in [1.165, 1.54) is 0 Å². The third-order valence-electron chi connectivity index (χ3n) is 11.8. The van der Waals surface area contributed by atoms with E-state index < -0.39 is 35.9 Å². The monoisotopic (exact) mass is 812 g/mol. The number of carboxylic acids is 1. The minimum atomic E-state index is -0.819. The smallest absolute Gasteiger partial charge is 0.410 e. The van der Waals surface area contributed by atoms with E-state index in [-0.39, 0.29) is 31.0 Å². The molecule has 2 N–H and O–H groups in total. The second-order valence-corrected chi connectivity index (χ2v) is 17.2. The zero-order chi connectivity index (χ0) is 41.7. The molecule has 3 aliphatic heterocycles. The summed E-state index contributed by atoms with van der Waals surface area (Å²) in [7, 11) is 1.66. The maximum Gasteiger partial charge on any atom is 0.410 e. The number of aliphatic hydroxyl groups is 1. The molecule has 2 unspecified atom stereocenters. The molecule has 59 heavy (non-hydrogen) atoms. The molecular weight excluding hydrogens is 753 g/mol. The van der Waals surface area contributed by atoms with Gasteiger partial charge >= 0.3 is 12.1 Å². The number of aliphatic hydroxyl groups excluding tert-OH is 1. The number of aliphatic carboxylic acids is 1. The Labute approximate surface area is 347 Å². The zero-order valence-electron chi connectivity index (χ0n) is 34.9. The van der Waals surface area contributed by atoms with Crippen LogP contribution in [0.3, 0.4) is 0 Å². The van der Waals surface area contributed by atoms with E-state index in [0.717, 1.165) is 72.5 Å². The Bertz CT molecular complexity index is 1930. The maximum atomic E-state index is 15.2. The SMILES string of the molecule is COCCCN1c2cc(N(C(=O)[C@H]3CN(C(=O)OC(C)(C)C)CC[C@@H]3c3cccc(-c4ccc(OCCCN5CCCC5C(=O)O)cc4)c3)C3CC3)ccc2OCC1O. The van der Waals surface area contributed by atoms with Gasteiger partial charge in [-0.1, -0.05) is 36.4 Å². The van der Waals surface area contributed by atoms with E-state index in [2.05, 4.69) is 18.2 Å². The number of fused-ring (bicyclic) bond motifs is 1. The highest BCUT2D eigenvalue weighted by molar-refractivity contribution is 5.98. The van der Waals surface area contributed by atoms with Crippen LogP contribution in [0.25, 0.3) is 11.1 Å². The second-order valence-electron chi connectivity index (χ2n) is 17.2. The Morgan fingerprint density at radius 2 is 1.68 bits per heavy atom. The Kier molecular flexibility index (Phi) is 13.3. The minimum absolute atomic E-state index is 0.0309. The summed E-state index contributed by atoms with van der Waals surface area (Å²) < 4.78 is 23.0. The lowest BCUT2D eigenvalue weighted by Crippen LogP contribution is -2.51. The number of piperidine rings is 1. The zero-order valence-corrected chi connectivity index (χ0v) is 34.9. The fraction of sp³-hybridized carbons (Fsp3) is 0.543. The molecule has 318 valence electrons. The van der Waals surface area contributed by atoms with Crippen molar-refractivity contribution in [2.24, 2.45) is 5.92 Å². The van der Waals surface area contributed by atoms with E-state index in [4.69, 9.17) is 18.9 Å². The molecule has 7 rings (SSSR count). The number of rotatable bonds is 15. The molecule has 3 aromatic rings. The molecule has 3 aromatic carbocycles. The molecule has 1 saturated carbocycles. The van der Waals surface area contributed by atoms with Crippen LogP contribution in [0.15, 0.2) is 66.7 Å². The van der Waals surface area contributed by atoms with Crippen LogP contribution in [0.1, 0.15) is 77.2 Å². The number of methoxy groups -OCH3 is 1. The summed E-state index contributed by atoms with van der Waals surface area (Å²) >= 11 is 0. The fourth-order valence-electron chi connectivity index (χ4n) is 8.71. The van der Waals surface area contributed by atoms with Gasteiger partial charge in [-0.25, -0.2) is 4.79 Å². The van der Waals surface area contributed by atoms with Crippen molar-refractivity contribution in [2.75, 3.05) is 69.5 Å². The van der Waals surface area contributed by atoms with Crippen LogP contribution in [-0.2, 0) is 19.1 Å². The normalized spacial score (nSPS) is 22.1. The summed E-state index contributed by atoms with van der Waals surface area (Å²) in [5.41, 5.74) is 3.88. The van der Waals surface area contributed by atoms with Gasteiger partial charge in [0, 0.05) is 51.6 Å². The van der Waals surface area contributed by atoms with Crippen LogP contribution in [0.5, 0.6) is 11.5 Å². The molecule has 13 nitrogen and oxygen atoms in total. The van der Waals surface area contributed by atoms with E-state index in [1.807, 2.05) is 84.0 Å². The second kappa shape index (κ2) is 18.6. The first-order chi connectivity index (χ1) is 28.4. The van der Waals surface area contributed by atoms with Crippen LogP contribution in [-0.4, -0.2) is 122 Å². The summed E-state index contributed by atoms with van der Waals surface area (Å²) in [6, 6.07) is 21.7. The molecule has 4 aliphatic rings. The molecule has 1 aliphatic carbocycles. The highest BCUT2D eigenvalue weighted by Gasteiger charge is 2.44. The highest BCUT2D eigenvalue weighted by Crippen LogP contribution is 2.43.